The smallest absolute Gasteiger partial charge is 0.0900 e. The van der Waals surface area contributed by atoms with Gasteiger partial charge in [0.1, 0.15) is 0 Å². The Bertz CT molecular complexity index is 937. The predicted octanol–water partition coefficient (Wildman–Crippen LogP) is 5.44. The highest BCUT2D eigenvalue weighted by Gasteiger charge is 2.10. The monoisotopic (exact) mass is 337 g/mol. The van der Waals surface area contributed by atoms with Gasteiger partial charge in [0.2, 0.25) is 0 Å². The summed E-state index contributed by atoms with van der Waals surface area (Å²) in [5.74, 6) is 0. The fourth-order valence-electron chi connectivity index (χ4n) is 2.92. The van der Waals surface area contributed by atoms with E-state index in [2.05, 4.69) is 53.3 Å². The Morgan fingerprint density at radius 2 is 1.19 bits per heavy atom. The van der Waals surface area contributed by atoms with Crippen LogP contribution >= 0.6 is 0 Å². The lowest BCUT2D eigenvalue weighted by Crippen LogP contribution is -1.94. The molecule has 3 heterocycles. The quantitative estimate of drug-likeness (QED) is 0.498. The normalized spacial score (nSPS) is 10.7. The van der Waals surface area contributed by atoms with Crippen LogP contribution in [-0.2, 0) is 6.42 Å². The Labute approximate surface area is 153 Å². The molecule has 0 atom stereocenters. The first-order chi connectivity index (χ1) is 12.8. The highest BCUT2D eigenvalue weighted by Crippen LogP contribution is 2.29. The summed E-state index contributed by atoms with van der Waals surface area (Å²) in [5, 5.41) is 0. The molecular weight excluding hydrogens is 318 g/mol. The van der Waals surface area contributed by atoms with Crippen LogP contribution in [0.2, 0.25) is 0 Å². The van der Waals surface area contributed by atoms with Crippen molar-refractivity contribution in [2.75, 3.05) is 0 Å². The second-order valence-electron chi connectivity index (χ2n) is 6.11. The van der Waals surface area contributed by atoms with Gasteiger partial charge in [-0.1, -0.05) is 43.3 Å². The molecule has 4 aromatic rings. The minimum atomic E-state index is 0.850. The topological polar surface area (TPSA) is 38.7 Å². The first-order valence-electron chi connectivity index (χ1n) is 8.77. The standard InChI is InChI=1S/C23H19N3/c1-2-17-9-11-18(12-10-17)19-15-22(20-7-3-5-13-24-20)26-23(16-19)21-8-4-6-14-25-21/h3-16H,2H2,1H3. The van der Waals surface area contributed by atoms with Gasteiger partial charge < -0.3 is 0 Å². The van der Waals surface area contributed by atoms with Crippen molar-refractivity contribution in [2.45, 2.75) is 13.3 Å². The van der Waals surface area contributed by atoms with Crippen LogP contribution in [0, 0.1) is 0 Å². The van der Waals surface area contributed by atoms with Crippen molar-refractivity contribution in [3.63, 3.8) is 0 Å². The molecule has 26 heavy (non-hydrogen) atoms. The highest BCUT2D eigenvalue weighted by atomic mass is 14.8. The van der Waals surface area contributed by atoms with Gasteiger partial charge in [-0.2, -0.15) is 0 Å². The summed E-state index contributed by atoms with van der Waals surface area (Å²) < 4.78 is 0. The van der Waals surface area contributed by atoms with Crippen molar-refractivity contribution in [1.82, 2.24) is 15.0 Å². The third-order valence-electron chi connectivity index (χ3n) is 4.38. The number of aryl methyl sites for hydroxylation is 1. The Morgan fingerprint density at radius 3 is 1.65 bits per heavy atom. The molecule has 0 spiro atoms. The van der Waals surface area contributed by atoms with Crippen molar-refractivity contribution in [3.05, 3.63) is 90.8 Å². The second kappa shape index (κ2) is 7.28. The molecule has 0 fully saturated rings. The first kappa shape index (κ1) is 16.2. The molecule has 0 aliphatic heterocycles. The van der Waals surface area contributed by atoms with Crippen molar-refractivity contribution in [1.29, 1.82) is 0 Å². The van der Waals surface area contributed by atoms with Crippen LogP contribution in [0.4, 0.5) is 0 Å². The zero-order valence-electron chi connectivity index (χ0n) is 14.6. The lowest BCUT2D eigenvalue weighted by Gasteiger charge is -2.10. The third kappa shape index (κ3) is 3.38. The maximum Gasteiger partial charge on any atom is 0.0900 e. The van der Waals surface area contributed by atoms with Gasteiger partial charge in [0.15, 0.2) is 0 Å². The Hall–Kier alpha value is -3.33. The Morgan fingerprint density at radius 1 is 0.615 bits per heavy atom. The van der Waals surface area contributed by atoms with Crippen molar-refractivity contribution < 1.29 is 0 Å². The van der Waals surface area contributed by atoms with E-state index >= 15 is 0 Å². The second-order valence-corrected chi connectivity index (χ2v) is 6.11. The van der Waals surface area contributed by atoms with Gasteiger partial charge >= 0.3 is 0 Å². The van der Waals surface area contributed by atoms with Gasteiger partial charge in [0.25, 0.3) is 0 Å². The van der Waals surface area contributed by atoms with Crippen LogP contribution in [0.1, 0.15) is 12.5 Å². The molecule has 0 saturated carbocycles. The summed E-state index contributed by atoms with van der Waals surface area (Å²) in [7, 11) is 0. The number of hydrogen-bond acceptors (Lipinski definition) is 3. The summed E-state index contributed by atoms with van der Waals surface area (Å²) >= 11 is 0. The van der Waals surface area contributed by atoms with E-state index < -0.39 is 0 Å². The van der Waals surface area contributed by atoms with E-state index in [0.717, 1.165) is 34.8 Å². The summed E-state index contributed by atoms with van der Waals surface area (Å²) in [5.41, 5.74) is 7.03. The zero-order chi connectivity index (χ0) is 17.8. The van der Waals surface area contributed by atoms with Crippen LogP contribution in [-0.4, -0.2) is 15.0 Å². The lowest BCUT2D eigenvalue weighted by molar-refractivity contribution is 1.14. The van der Waals surface area contributed by atoms with Crippen LogP contribution in [0.5, 0.6) is 0 Å². The van der Waals surface area contributed by atoms with E-state index in [-0.39, 0.29) is 0 Å². The van der Waals surface area contributed by atoms with Gasteiger partial charge in [-0.05, 0) is 59.5 Å². The molecule has 0 radical (unpaired) electrons. The van der Waals surface area contributed by atoms with Gasteiger partial charge in [0, 0.05) is 12.4 Å². The first-order valence-corrected chi connectivity index (χ1v) is 8.77. The van der Waals surface area contributed by atoms with Gasteiger partial charge in [-0.25, -0.2) is 4.98 Å². The molecule has 0 unspecified atom stereocenters. The van der Waals surface area contributed by atoms with Gasteiger partial charge in [0.05, 0.1) is 22.8 Å². The van der Waals surface area contributed by atoms with E-state index in [0.29, 0.717) is 0 Å². The molecule has 0 saturated heterocycles. The average Bonchev–Trinajstić information content (AvgIpc) is 2.75. The van der Waals surface area contributed by atoms with E-state index in [1.807, 2.05) is 36.4 Å². The van der Waals surface area contributed by atoms with E-state index in [4.69, 9.17) is 4.98 Å². The third-order valence-corrected chi connectivity index (χ3v) is 4.38. The molecule has 4 rings (SSSR count). The molecule has 3 aromatic heterocycles. The van der Waals surface area contributed by atoms with E-state index in [1.165, 1.54) is 11.1 Å². The van der Waals surface area contributed by atoms with Crippen LogP contribution in [0.25, 0.3) is 33.9 Å². The fraction of sp³-hybridized carbons (Fsp3) is 0.0870. The highest BCUT2D eigenvalue weighted by molar-refractivity contribution is 5.74. The SMILES string of the molecule is CCc1ccc(-c2cc(-c3ccccn3)nc(-c3ccccn3)c2)cc1. The number of benzene rings is 1. The maximum atomic E-state index is 4.81. The molecule has 3 nitrogen and oxygen atoms in total. The van der Waals surface area contributed by atoms with Crippen molar-refractivity contribution in [2.24, 2.45) is 0 Å². The van der Waals surface area contributed by atoms with Crippen molar-refractivity contribution in [3.8, 4) is 33.9 Å². The summed E-state index contributed by atoms with van der Waals surface area (Å²) in [6, 6.07) is 24.6. The average molecular weight is 337 g/mol. The van der Waals surface area contributed by atoms with Crippen LogP contribution < -0.4 is 0 Å². The Balaban J connectivity index is 1.87. The maximum absolute atomic E-state index is 4.81. The number of nitrogens with zero attached hydrogens (tertiary/aromatic N) is 3. The molecule has 0 bridgehead atoms. The minimum absolute atomic E-state index is 0.850. The van der Waals surface area contributed by atoms with Crippen LogP contribution in [0.3, 0.4) is 0 Å². The number of hydrogen-bond donors (Lipinski definition) is 0. The number of rotatable bonds is 4. The molecule has 3 heteroatoms. The molecule has 0 N–H and O–H groups in total. The molecule has 0 aliphatic carbocycles. The number of aromatic nitrogens is 3. The summed E-state index contributed by atoms with van der Waals surface area (Å²) in [6.45, 7) is 2.17. The summed E-state index contributed by atoms with van der Waals surface area (Å²) in [4.78, 5) is 13.7. The minimum Gasteiger partial charge on any atom is -0.255 e. The zero-order valence-corrected chi connectivity index (χ0v) is 14.6. The fourth-order valence-corrected chi connectivity index (χ4v) is 2.92. The summed E-state index contributed by atoms with van der Waals surface area (Å²) in [6.07, 6.45) is 4.62. The van der Waals surface area contributed by atoms with Gasteiger partial charge in [-0.15, -0.1) is 0 Å². The largest absolute Gasteiger partial charge is 0.255 e. The molecule has 0 amide bonds. The van der Waals surface area contributed by atoms with Crippen molar-refractivity contribution >= 4 is 0 Å². The van der Waals surface area contributed by atoms with E-state index in [9.17, 15) is 0 Å². The molecule has 126 valence electrons. The van der Waals surface area contributed by atoms with E-state index in [1.54, 1.807) is 12.4 Å². The predicted molar refractivity (Wildman–Crippen MR) is 106 cm³/mol. The molecular formula is C23H19N3. The van der Waals surface area contributed by atoms with Gasteiger partial charge in [-0.3, -0.25) is 9.97 Å². The lowest BCUT2D eigenvalue weighted by atomic mass is 10.0. The number of pyridine rings is 3. The molecule has 1 aromatic carbocycles. The van der Waals surface area contributed by atoms with Crippen LogP contribution in [0.15, 0.2) is 85.2 Å². The molecule has 0 aliphatic rings. The Kier molecular flexibility index (Phi) is 4.52.